The summed E-state index contributed by atoms with van der Waals surface area (Å²) in [4.78, 5) is 12.4. The number of amides is 1. The summed E-state index contributed by atoms with van der Waals surface area (Å²) < 4.78 is 41.0. The van der Waals surface area contributed by atoms with E-state index in [0.29, 0.717) is 17.2 Å². The standard InChI is InChI=1S/C18H22N2O6S/c1-24-14-7-5-6-13(10-14)19-18(21)12-20(27(4,22)23)16-9-8-15(25-2)11-17(16)26-3/h5-11H,12H2,1-4H3,(H,19,21). The molecule has 8 nitrogen and oxygen atoms in total. The van der Waals surface area contributed by atoms with Crippen LogP contribution in [0.4, 0.5) is 11.4 Å². The van der Waals surface area contributed by atoms with Crippen molar-refractivity contribution in [3.05, 3.63) is 42.5 Å². The molecule has 0 saturated heterocycles. The van der Waals surface area contributed by atoms with Crippen LogP contribution in [0.2, 0.25) is 0 Å². The highest BCUT2D eigenvalue weighted by Gasteiger charge is 2.24. The van der Waals surface area contributed by atoms with E-state index in [1.807, 2.05) is 0 Å². The van der Waals surface area contributed by atoms with Crippen LogP contribution >= 0.6 is 0 Å². The number of ether oxygens (including phenoxy) is 3. The van der Waals surface area contributed by atoms with Gasteiger partial charge in [0.1, 0.15) is 23.8 Å². The molecule has 0 heterocycles. The molecule has 0 radical (unpaired) electrons. The average Bonchev–Trinajstić information content (AvgIpc) is 2.65. The number of nitrogens with zero attached hydrogens (tertiary/aromatic N) is 1. The summed E-state index contributed by atoms with van der Waals surface area (Å²) in [5.41, 5.74) is 0.732. The maximum Gasteiger partial charge on any atom is 0.245 e. The first-order valence-electron chi connectivity index (χ1n) is 7.92. The fourth-order valence-corrected chi connectivity index (χ4v) is 3.26. The highest BCUT2D eigenvalue weighted by molar-refractivity contribution is 7.92. The minimum atomic E-state index is -3.74. The fourth-order valence-electron chi connectivity index (χ4n) is 2.40. The lowest BCUT2D eigenvalue weighted by atomic mass is 10.2. The van der Waals surface area contributed by atoms with Crippen molar-refractivity contribution < 1.29 is 27.4 Å². The van der Waals surface area contributed by atoms with E-state index in [2.05, 4.69) is 5.32 Å². The Hall–Kier alpha value is -2.94. The number of hydrogen-bond donors (Lipinski definition) is 1. The van der Waals surface area contributed by atoms with E-state index in [1.165, 1.54) is 27.4 Å². The maximum absolute atomic E-state index is 12.4. The Labute approximate surface area is 158 Å². The van der Waals surface area contributed by atoms with Crippen molar-refractivity contribution in [3.63, 3.8) is 0 Å². The van der Waals surface area contributed by atoms with Gasteiger partial charge in [-0.2, -0.15) is 0 Å². The third-order valence-corrected chi connectivity index (χ3v) is 4.82. The molecule has 0 aromatic heterocycles. The second-order valence-electron chi connectivity index (χ2n) is 5.59. The minimum Gasteiger partial charge on any atom is -0.497 e. The Balaban J connectivity index is 2.29. The molecule has 0 aliphatic heterocycles. The second-order valence-corrected chi connectivity index (χ2v) is 7.49. The number of anilines is 2. The van der Waals surface area contributed by atoms with Crippen LogP contribution < -0.4 is 23.8 Å². The molecule has 2 aromatic rings. The van der Waals surface area contributed by atoms with Crippen LogP contribution in [0, 0.1) is 0 Å². The molecule has 0 bridgehead atoms. The van der Waals surface area contributed by atoms with Gasteiger partial charge in [0.2, 0.25) is 15.9 Å². The largest absolute Gasteiger partial charge is 0.497 e. The SMILES string of the molecule is COc1cccc(NC(=O)CN(c2ccc(OC)cc2OC)S(C)(=O)=O)c1. The van der Waals surface area contributed by atoms with Gasteiger partial charge in [-0.25, -0.2) is 8.42 Å². The van der Waals surface area contributed by atoms with E-state index in [9.17, 15) is 13.2 Å². The Morgan fingerprint density at radius 2 is 1.67 bits per heavy atom. The summed E-state index contributed by atoms with van der Waals surface area (Å²) in [6.45, 7) is -0.418. The van der Waals surface area contributed by atoms with Crippen LogP contribution in [0.1, 0.15) is 0 Å². The molecule has 1 N–H and O–H groups in total. The van der Waals surface area contributed by atoms with Crippen LogP contribution in [-0.2, 0) is 14.8 Å². The summed E-state index contributed by atoms with van der Waals surface area (Å²) >= 11 is 0. The third kappa shape index (κ3) is 5.27. The number of hydrogen-bond acceptors (Lipinski definition) is 6. The number of methoxy groups -OCH3 is 3. The van der Waals surface area contributed by atoms with E-state index in [0.717, 1.165) is 10.6 Å². The molecule has 1 amide bonds. The minimum absolute atomic E-state index is 0.238. The first-order chi connectivity index (χ1) is 12.8. The number of carbonyl (C=O) groups is 1. The van der Waals surface area contributed by atoms with Crippen molar-refractivity contribution in [1.82, 2.24) is 0 Å². The zero-order chi connectivity index (χ0) is 20.0. The molecule has 2 aromatic carbocycles. The van der Waals surface area contributed by atoms with Crippen molar-refractivity contribution in [2.75, 3.05) is 43.8 Å². The van der Waals surface area contributed by atoms with Crippen LogP contribution in [0.25, 0.3) is 0 Å². The van der Waals surface area contributed by atoms with Gasteiger partial charge in [0.05, 0.1) is 33.3 Å². The molecule has 2 rings (SSSR count). The van der Waals surface area contributed by atoms with E-state index in [-0.39, 0.29) is 11.4 Å². The number of nitrogens with one attached hydrogen (secondary N) is 1. The zero-order valence-electron chi connectivity index (χ0n) is 15.6. The quantitative estimate of drug-likeness (QED) is 0.737. The van der Waals surface area contributed by atoms with Crippen LogP contribution in [0.3, 0.4) is 0 Å². The molecule has 0 fully saturated rings. The van der Waals surface area contributed by atoms with Crippen LogP contribution in [0.15, 0.2) is 42.5 Å². The first-order valence-corrected chi connectivity index (χ1v) is 9.77. The number of carbonyl (C=O) groups excluding carboxylic acids is 1. The van der Waals surface area contributed by atoms with Gasteiger partial charge in [-0.1, -0.05) is 6.07 Å². The first kappa shape index (κ1) is 20.4. The monoisotopic (exact) mass is 394 g/mol. The summed E-state index contributed by atoms with van der Waals surface area (Å²) in [7, 11) is 0.675. The van der Waals surface area contributed by atoms with E-state index in [4.69, 9.17) is 14.2 Å². The highest BCUT2D eigenvalue weighted by atomic mass is 32.2. The van der Waals surface area contributed by atoms with Gasteiger partial charge in [-0.3, -0.25) is 9.10 Å². The maximum atomic E-state index is 12.4. The Morgan fingerprint density at radius 1 is 1.00 bits per heavy atom. The van der Waals surface area contributed by atoms with Gasteiger partial charge in [-0.15, -0.1) is 0 Å². The Kier molecular flexibility index (Phi) is 6.51. The lowest BCUT2D eigenvalue weighted by molar-refractivity contribution is -0.114. The van der Waals surface area contributed by atoms with Crippen molar-refractivity contribution in [2.45, 2.75) is 0 Å². The van der Waals surface area contributed by atoms with Crippen molar-refractivity contribution >= 4 is 27.3 Å². The predicted molar refractivity (Wildman–Crippen MR) is 103 cm³/mol. The van der Waals surface area contributed by atoms with E-state index < -0.39 is 22.5 Å². The summed E-state index contributed by atoms with van der Waals surface area (Å²) in [5.74, 6) is 0.843. The molecule has 146 valence electrons. The topological polar surface area (TPSA) is 94.2 Å². The molecule has 0 aliphatic rings. The fraction of sp³-hybridized carbons (Fsp3) is 0.278. The van der Waals surface area contributed by atoms with Gasteiger partial charge >= 0.3 is 0 Å². The normalized spacial score (nSPS) is 10.8. The van der Waals surface area contributed by atoms with Gasteiger partial charge in [0.15, 0.2) is 0 Å². The molecule has 0 atom stereocenters. The average molecular weight is 394 g/mol. The third-order valence-electron chi connectivity index (χ3n) is 3.70. The molecule has 9 heteroatoms. The lowest BCUT2D eigenvalue weighted by Gasteiger charge is -2.24. The molecular weight excluding hydrogens is 372 g/mol. The van der Waals surface area contributed by atoms with Crippen molar-refractivity contribution in [1.29, 1.82) is 0 Å². The zero-order valence-corrected chi connectivity index (χ0v) is 16.4. The van der Waals surface area contributed by atoms with Crippen LogP contribution in [0.5, 0.6) is 17.2 Å². The van der Waals surface area contributed by atoms with E-state index >= 15 is 0 Å². The molecule has 0 saturated carbocycles. The molecule has 0 aliphatic carbocycles. The van der Waals surface area contributed by atoms with Crippen molar-refractivity contribution in [2.24, 2.45) is 0 Å². The smallest absolute Gasteiger partial charge is 0.245 e. The summed E-state index contributed by atoms with van der Waals surface area (Å²) in [6, 6.07) is 11.4. The molecule has 0 spiro atoms. The van der Waals surface area contributed by atoms with Gasteiger partial charge in [0.25, 0.3) is 0 Å². The number of benzene rings is 2. The lowest BCUT2D eigenvalue weighted by Crippen LogP contribution is -2.37. The molecule has 0 unspecified atom stereocenters. The van der Waals surface area contributed by atoms with Crippen LogP contribution in [-0.4, -0.2) is 48.5 Å². The van der Waals surface area contributed by atoms with Crippen molar-refractivity contribution in [3.8, 4) is 17.2 Å². The Morgan fingerprint density at radius 3 is 2.26 bits per heavy atom. The Bertz CT molecular complexity index is 914. The predicted octanol–water partition coefficient (Wildman–Crippen LogP) is 2.12. The van der Waals surface area contributed by atoms with Gasteiger partial charge in [0, 0.05) is 17.8 Å². The molecule has 27 heavy (non-hydrogen) atoms. The van der Waals surface area contributed by atoms with Gasteiger partial charge < -0.3 is 19.5 Å². The summed E-state index contributed by atoms with van der Waals surface area (Å²) in [5, 5.41) is 2.66. The molecular formula is C18H22N2O6S. The summed E-state index contributed by atoms with van der Waals surface area (Å²) in [6.07, 6.45) is 1.02. The highest BCUT2D eigenvalue weighted by Crippen LogP contribution is 2.33. The van der Waals surface area contributed by atoms with Gasteiger partial charge in [-0.05, 0) is 24.3 Å². The number of sulfonamides is 1. The second kappa shape index (κ2) is 8.63. The van der Waals surface area contributed by atoms with E-state index in [1.54, 1.807) is 36.4 Å². The number of rotatable bonds is 8.